The smallest absolute Gasteiger partial charge is 0.336 e. The van der Waals surface area contributed by atoms with E-state index in [-0.39, 0.29) is 33.6 Å². The molecular weight excluding hydrogens is 438 g/mol. The molecule has 0 atom stereocenters. The minimum atomic E-state index is -0.690. The first-order chi connectivity index (χ1) is 16.4. The molecule has 0 aliphatic rings. The van der Waals surface area contributed by atoms with Crippen molar-refractivity contribution in [2.75, 3.05) is 0 Å². The third-order valence-corrected chi connectivity index (χ3v) is 5.00. The topological polar surface area (TPSA) is 109 Å². The number of nitro groups is 1. The van der Waals surface area contributed by atoms with E-state index in [4.69, 9.17) is 13.9 Å². The molecule has 8 nitrogen and oxygen atoms in total. The van der Waals surface area contributed by atoms with Gasteiger partial charge in [-0.1, -0.05) is 37.3 Å². The van der Waals surface area contributed by atoms with Gasteiger partial charge >= 0.3 is 5.97 Å². The van der Waals surface area contributed by atoms with Gasteiger partial charge in [-0.3, -0.25) is 14.9 Å². The predicted molar refractivity (Wildman–Crippen MR) is 126 cm³/mol. The lowest BCUT2D eigenvalue weighted by Gasteiger charge is -2.09. The van der Waals surface area contributed by atoms with E-state index in [1.54, 1.807) is 12.1 Å². The first kappa shape index (κ1) is 22.5. The van der Waals surface area contributed by atoms with Gasteiger partial charge in [0.1, 0.15) is 23.3 Å². The molecule has 0 spiro atoms. The summed E-state index contributed by atoms with van der Waals surface area (Å²) in [6.45, 7) is 1.99. The molecule has 0 aliphatic heterocycles. The Balaban J connectivity index is 1.51. The van der Waals surface area contributed by atoms with Crippen molar-refractivity contribution in [2.24, 2.45) is 0 Å². The molecule has 0 fully saturated rings. The molecule has 170 valence electrons. The van der Waals surface area contributed by atoms with Gasteiger partial charge in [-0.05, 0) is 41.8 Å². The Bertz CT molecular complexity index is 1470. The number of para-hydroxylation sites is 1. The Hall–Kier alpha value is -4.72. The summed E-state index contributed by atoms with van der Waals surface area (Å²) in [5.74, 6) is 0.120. The lowest BCUT2D eigenvalue weighted by atomic mass is 10.1. The van der Waals surface area contributed by atoms with Crippen molar-refractivity contribution >= 4 is 28.7 Å². The van der Waals surface area contributed by atoms with Crippen LogP contribution in [-0.4, -0.2) is 10.9 Å². The number of carbonyl (C=O) groups excluding carboxylic acids is 1. The van der Waals surface area contributed by atoms with E-state index in [0.717, 1.165) is 18.1 Å². The molecule has 34 heavy (non-hydrogen) atoms. The number of carbonyl (C=O) groups is 1. The first-order valence-corrected chi connectivity index (χ1v) is 10.4. The zero-order valence-corrected chi connectivity index (χ0v) is 18.1. The monoisotopic (exact) mass is 457 g/mol. The summed E-state index contributed by atoms with van der Waals surface area (Å²) in [6.07, 6.45) is 4.54. The van der Waals surface area contributed by atoms with Gasteiger partial charge in [-0.25, -0.2) is 4.79 Å². The van der Waals surface area contributed by atoms with Crippen molar-refractivity contribution in [1.82, 2.24) is 0 Å². The van der Waals surface area contributed by atoms with Crippen LogP contribution >= 0.6 is 0 Å². The Morgan fingerprint density at radius 2 is 1.88 bits per heavy atom. The Kier molecular flexibility index (Phi) is 6.49. The lowest BCUT2D eigenvalue weighted by Crippen LogP contribution is -2.07. The number of nitro benzene ring substituents is 1. The first-order valence-electron chi connectivity index (χ1n) is 10.4. The number of nitrogens with zero attached hydrogens (tertiary/aromatic N) is 1. The fraction of sp³-hybridized carbons (Fsp3) is 0.0769. The summed E-state index contributed by atoms with van der Waals surface area (Å²) in [4.78, 5) is 35.4. The molecule has 4 rings (SSSR count). The van der Waals surface area contributed by atoms with E-state index in [0.29, 0.717) is 11.3 Å². The van der Waals surface area contributed by atoms with Crippen LogP contribution in [0.25, 0.3) is 17.0 Å². The Morgan fingerprint density at radius 1 is 1.06 bits per heavy atom. The number of esters is 1. The minimum Gasteiger partial charge on any atom is -0.460 e. The summed E-state index contributed by atoms with van der Waals surface area (Å²) in [5, 5.41) is 11.1. The Labute approximate surface area is 193 Å². The highest BCUT2D eigenvalue weighted by atomic mass is 16.6. The standard InChI is InChI=1S/C26H19NO7/c1-2-18-7-3-4-9-22(18)34-24-16-32-23-15-20(11-12-21(23)26(24)29)33-25(28)13-10-17-6-5-8-19(14-17)27(30)31/h3-16H,2H2,1H3. The quantitative estimate of drug-likeness (QED) is 0.116. The van der Waals surface area contributed by atoms with Crippen molar-refractivity contribution < 1.29 is 23.6 Å². The minimum absolute atomic E-state index is 0.0537. The van der Waals surface area contributed by atoms with E-state index in [1.165, 1.54) is 48.7 Å². The normalized spacial score (nSPS) is 11.0. The zero-order chi connectivity index (χ0) is 24.1. The third kappa shape index (κ3) is 5.02. The number of fused-ring (bicyclic) bond motifs is 1. The molecular formula is C26H19NO7. The highest BCUT2D eigenvalue weighted by Gasteiger charge is 2.13. The van der Waals surface area contributed by atoms with Gasteiger partial charge in [0.25, 0.3) is 5.69 Å². The molecule has 0 bridgehead atoms. The Morgan fingerprint density at radius 3 is 2.68 bits per heavy atom. The maximum absolute atomic E-state index is 12.8. The summed E-state index contributed by atoms with van der Waals surface area (Å²) in [6, 6.07) is 17.7. The lowest BCUT2D eigenvalue weighted by molar-refractivity contribution is -0.384. The largest absolute Gasteiger partial charge is 0.460 e. The molecule has 0 saturated heterocycles. The molecule has 0 aliphatic carbocycles. The van der Waals surface area contributed by atoms with Gasteiger partial charge in [-0.2, -0.15) is 0 Å². The summed E-state index contributed by atoms with van der Waals surface area (Å²) in [5.41, 5.74) is 1.24. The van der Waals surface area contributed by atoms with Crippen LogP contribution < -0.4 is 14.9 Å². The van der Waals surface area contributed by atoms with Gasteiger partial charge in [0.05, 0.1) is 10.3 Å². The van der Waals surface area contributed by atoms with Crippen LogP contribution in [0.1, 0.15) is 18.1 Å². The fourth-order valence-corrected chi connectivity index (χ4v) is 3.30. The average molecular weight is 457 g/mol. The van der Waals surface area contributed by atoms with E-state index >= 15 is 0 Å². The number of hydrogen-bond donors (Lipinski definition) is 0. The van der Waals surface area contributed by atoms with Crippen molar-refractivity contribution in [2.45, 2.75) is 13.3 Å². The maximum atomic E-state index is 12.8. The molecule has 3 aromatic carbocycles. The molecule has 0 saturated carbocycles. The van der Waals surface area contributed by atoms with Crippen molar-refractivity contribution in [1.29, 1.82) is 0 Å². The van der Waals surface area contributed by atoms with Crippen LogP contribution in [-0.2, 0) is 11.2 Å². The van der Waals surface area contributed by atoms with Crippen LogP contribution in [0.2, 0.25) is 0 Å². The summed E-state index contributed by atoms with van der Waals surface area (Å²) in [7, 11) is 0. The van der Waals surface area contributed by atoms with Crippen LogP contribution in [0.4, 0.5) is 5.69 Å². The number of hydrogen-bond acceptors (Lipinski definition) is 7. The van der Waals surface area contributed by atoms with Crippen LogP contribution in [0, 0.1) is 10.1 Å². The van der Waals surface area contributed by atoms with Gasteiger partial charge in [0, 0.05) is 24.3 Å². The average Bonchev–Trinajstić information content (AvgIpc) is 2.85. The molecule has 4 aromatic rings. The van der Waals surface area contributed by atoms with E-state index in [2.05, 4.69) is 0 Å². The molecule has 0 N–H and O–H groups in total. The zero-order valence-electron chi connectivity index (χ0n) is 18.1. The third-order valence-electron chi connectivity index (χ3n) is 5.00. The second kappa shape index (κ2) is 9.83. The number of ether oxygens (including phenoxy) is 2. The maximum Gasteiger partial charge on any atom is 0.336 e. The van der Waals surface area contributed by atoms with Crippen LogP contribution in [0.3, 0.4) is 0 Å². The van der Waals surface area contributed by atoms with Gasteiger partial charge in [0.2, 0.25) is 11.2 Å². The summed E-state index contributed by atoms with van der Waals surface area (Å²) >= 11 is 0. The fourth-order valence-electron chi connectivity index (χ4n) is 3.30. The molecule has 1 aromatic heterocycles. The van der Waals surface area contributed by atoms with E-state index in [1.807, 2.05) is 25.1 Å². The molecule has 1 heterocycles. The number of benzene rings is 3. The highest BCUT2D eigenvalue weighted by Crippen LogP contribution is 2.26. The van der Waals surface area contributed by atoms with Crippen LogP contribution in [0.5, 0.6) is 17.2 Å². The molecule has 0 amide bonds. The SMILES string of the molecule is CCc1ccccc1Oc1coc2cc(OC(=O)C=Cc3cccc([N+](=O)[O-])c3)ccc2c1=O. The highest BCUT2D eigenvalue weighted by molar-refractivity contribution is 5.89. The second-order valence-electron chi connectivity index (χ2n) is 7.26. The van der Waals surface area contributed by atoms with Crippen LogP contribution in [0.15, 0.2) is 88.3 Å². The van der Waals surface area contributed by atoms with Gasteiger partial charge < -0.3 is 13.9 Å². The van der Waals surface area contributed by atoms with Crippen molar-refractivity contribution in [3.8, 4) is 17.2 Å². The van der Waals surface area contributed by atoms with Crippen molar-refractivity contribution in [3.05, 3.63) is 111 Å². The number of aryl methyl sites for hydroxylation is 1. The summed E-state index contributed by atoms with van der Waals surface area (Å²) < 4.78 is 16.6. The van der Waals surface area contributed by atoms with Gasteiger partial charge in [0.15, 0.2) is 0 Å². The molecule has 0 radical (unpaired) electrons. The predicted octanol–water partition coefficient (Wildman–Crippen LogP) is 5.67. The van der Waals surface area contributed by atoms with E-state index < -0.39 is 10.9 Å². The van der Waals surface area contributed by atoms with Gasteiger partial charge in [-0.15, -0.1) is 0 Å². The molecule has 0 unspecified atom stereocenters. The number of rotatable bonds is 7. The van der Waals surface area contributed by atoms with Crippen molar-refractivity contribution in [3.63, 3.8) is 0 Å². The number of non-ortho nitro benzene ring substituents is 1. The van der Waals surface area contributed by atoms with E-state index in [9.17, 15) is 19.7 Å². The molecule has 8 heteroatoms. The second-order valence-corrected chi connectivity index (χ2v) is 7.26.